The Morgan fingerprint density at radius 2 is 1.55 bits per heavy atom. The minimum absolute atomic E-state index is 0.116. The molecular weight excluding hydrogens is 375 g/mol. The monoisotopic (exact) mass is 404 g/mol. The zero-order valence-corrected chi connectivity index (χ0v) is 17.8. The lowest BCUT2D eigenvalue weighted by Gasteiger charge is -2.24. The van der Waals surface area contributed by atoms with E-state index in [9.17, 15) is 4.39 Å². The molecule has 2 aliphatic carbocycles. The van der Waals surface area contributed by atoms with Crippen molar-refractivity contribution in [3.8, 4) is 21.6 Å². The second kappa shape index (κ2) is 8.44. The zero-order valence-electron chi connectivity index (χ0n) is 17.0. The minimum atomic E-state index is -0.116. The van der Waals surface area contributed by atoms with Gasteiger partial charge in [-0.05, 0) is 78.5 Å². The van der Waals surface area contributed by atoms with E-state index in [1.165, 1.54) is 61.8 Å². The molecule has 150 valence electrons. The van der Waals surface area contributed by atoms with Gasteiger partial charge in [-0.2, -0.15) is 0 Å². The molecule has 0 bridgehead atoms. The number of rotatable bonds is 6. The molecule has 0 amide bonds. The molecule has 0 nitrogen and oxygen atoms in total. The van der Waals surface area contributed by atoms with E-state index in [1.54, 1.807) is 17.4 Å². The van der Waals surface area contributed by atoms with Crippen LogP contribution in [0.1, 0.15) is 67.7 Å². The maximum Gasteiger partial charge on any atom is 0.132 e. The average Bonchev–Trinajstić information content (AvgIpc) is 3.39. The molecule has 2 heteroatoms. The quantitative estimate of drug-likeness (QED) is 0.386. The van der Waals surface area contributed by atoms with Gasteiger partial charge >= 0.3 is 0 Å². The Morgan fingerprint density at radius 1 is 0.793 bits per heavy atom. The van der Waals surface area contributed by atoms with Crippen molar-refractivity contribution >= 4 is 11.3 Å². The molecule has 29 heavy (non-hydrogen) atoms. The van der Waals surface area contributed by atoms with Gasteiger partial charge in [0.25, 0.3) is 0 Å². The number of halogens is 1. The summed E-state index contributed by atoms with van der Waals surface area (Å²) in [6, 6.07) is 18.8. The first-order valence-electron chi connectivity index (χ1n) is 11.3. The third-order valence-electron chi connectivity index (χ3n) is 6.99. The number of hydrogen-bond acceptors (Lipinski definition) is 1. The molecule has 0 unspecified atom stereocenters. The molecule has 2 aliphatic rings. The summed E-state index contributed by atoms with van der Waals surface area (Å²) >= 11 is 1.75. The predicted octanol–water partition coefficient (Wildman–Crippen LogP) is 8.61. The molecule has 0 N–H and O–H groups in total. The molecule has 1 aromatic heterocycles. The fourth-order valence-corrected chi connectivity index (χ4v) is 5.94. The lowest BCUT2D eigenvalue weighted by Crippen LogP contribution is -2.11. The van der Waals surface area contributed by atoms with Crippen LogP contribution in [0.5, 0.6) is 0 Å². The summed E-state index contributed by atoms with van der Waals surface area (Å²) in [5.74, 6) is 1.53. The van der Waals surface area contributed by atoms with Crippen molar-refractivity contribution in [2.24, 2.45) is 5.92 Å². The highest BCUT2D eigenvalue weighted by Crippen LogP contribution is 2.37. The average molecular weight is 405 g/mol. The molecule has 2 aromatic carbocycles. The van der Waals surface area contributed by atoms with E-state index in [0.717, 1.165) is 39.8 Å². The fraction of sp³-hybridized carbons (Fsp3) is 0.407. The SMILES string of the molecule is Fc1cc(-c2ccc(C3CCCC3)cc2)ccc1-c1ccc(CCC2CCC2)s1. The zero-order chi connectivity index (χ0) is 19.6. The maximum absolute atomic E-state index is 14.9. The maximum atomic E-state index is 14.9. The Morgan fingerprint density at radius 3 is 2.24 bits per heavy atom. The summed E-state index contributed by atoms with van der Waals surface area (Å²) in [6.07, 6.45) is 12.0. The Hall–Kier alpha value is -1.93. The van der Waals surface area contributed by atoms with Crippen LogP contribution in [-0.4, -0.2) is 0 Å². The van der Waals surface area contributed by atoms with Crippen LogP contribution >= 0.6 is 11.3 Å². The summed E-state index contributed by atoms with van der Waals surface area (Å²) in [5.41, 5.74) is 4.24. The normalized spacial score (nSPS) is 17.6. The van der Waals surface area contributed by atoms with Crippen molar-refractivity contribution in [2.45, 2.75) is 63.7 Å². The third-order valence-corrected chi connectivity index (χ3v) is 8.17. The molecule has 0 atom stereocenters. The second-order valence-corrected chi connectivity index (χ2v) is 10.1. The van der Waals surface area contributed by atoms with E-state index >= 15 is 0 Å². The van der Waals surface area contributed by atoms with E-state index in [2.05, 4.69) is 42.5 Å². The molecule has 0 saturated heterocycles. The molecule has 1 heterocycles. The number of aryl methyl sites for hydroxylation is 1. The van der Waals surface area contributed by atoms with Crippen LogP contribution in [0, 0.1) is 11.7 Å². The first-order chi connectivity index (χ1) is 14.3. The van der Waals surface area contributed by atoms with Gasteiger partial charge in [-0.3, -0.25) is 0 Å². The Kier molecular flexibility index (Phi) is 5.54. The van der Waals surface area contributed by atoms with Crippen LogP contribution in [0.3, 0.4) is 0 Å². The van der Waals surface area contributed by atoms with E-state index in [0.29, 0.717) is 0 Å². The summed E-state index contributed by atoms with van der Waals surface area (Å²) in [6.45, 7) is 0. The summed E-state index contributed by atoms with van der Waals surface area (Å²) < 4.78 is 14.9. The number of thiophene rings is 1. The van der Waals surface area contributed by atoms with Gasteiger partial charge < -0.3 is 0 Å². The Labute approximate surface area is 177 Å². The van der Waals surface area contributed by atoms with Gasteiger partial charge in [-0.1, -0.05) is 62.4 Å². The highest BCUT2D eigenvalue weighted by Gasteiger charge is 2.18. The van der Waals surface area contributed by atoms with Crippen LogP contribution < -0.4 is 0 Å². The first kappa shape index (κ1) is 19.1. The molecule has 2 fully saturated rings. The van der Waals surface area contributed by atoms with Gasteiger partial charge in [0.2, 0.25) is 0 Å². The second-order valence-electron chi connectivity index (χ2n) is 8.90. The fourth-order valence-electron chi connectivity index (χ4n) is 4.89. The van der Waals surface area contributed by atoms with Crippen molar-refractivity contribution in [3.05, 3.63) is 70.9 Å². The number of hydrogen-bond donors (Lipinski definition) is 0. The molecule has 0 radical (unpaired) electrons. The van der Waals surface area contributed by atoms with Crippen molar-refractivity contribution in [3.63, 3.8) is 0 Å². The van der Waals surface area contributed by atoms with Gasteiger partial charge in [-0.15, -0.1) is 11.3 Å². The van der Waals surface area contributed by atoms with Crippen molar-refractivity contribution in [1.29, 1.82) is 0 Å². The summed E-state index contributed by atoms with van der Waals surface area (Å²) in [7, 11) is 0. The van der Waals surface area contributed by atoms with E-state index < -0.39 is 0 Å². The first-order valence-corrected chi connectivity index (χ1v) is 12.1. The van der Waals surface area contributed by atoms with E-state index in [-0.39, 0.29) is 5.82 Å². The van der Waals surface area contributed by atoms with Crippen molar-refractivity contribution < 1.29 is 4.39 Å². The molecule has 0 spiro atoms. The third kappa shape index (κ3) is 4.19. The Balaban J connectivity index is 1.30. The standard InChI is InChI=1S/C27H29FS/c28-26-18-23(22-11-9-21(10-12-22)20-6-1-2-7-20)13-16-25(26)27-17-15-24(29-27)14-8-19-4-3-5-19/h9-13,15-20H,1-8,14H2. The largest absolute Gasteiger partial charge is 0.206 e. The van der Waals surface area contributed by atoms with Crippen LogP contribution in [0.2, 0.25) is 0 Å². The lowest BCUT2D eigenvalue weighted by atomic mass is 9.82. The molecular formula is C27H29FS. The minimum Gasteiger partial charge on any atom is -0.206 e. The van der Waals surface area contributed by atoms with Gasteiger partial charge in [0.15, 0.2) is 0 Å². The molecule has 2 saturated carbocycles. The van der Waals surface area contributed by atoms with Crippen LogP contribution in [0.4, 0.5) is 4.39 Å². The van der Waals surface area contributed by atoms with Gasteiger partial charge in [0, 0.05) is 15.3 Å². The van der Waals surface area contributed by atoms with Crippen LogP contribution in [0.15, 0.2) is 54.6 Å². The molecule has 3 aromatic rings. The highest BCUT2D eigenvalue weighted by atomic mass is 32.1. The van der Waals surface area contributed by atoms with Crippen LogP contribution in [0.25, 0.3) is 21.6 Å². The van der Waals surface area contributed by atoms with Gasteiger partial charge in [-0.25, -0.2) is 4.39 Å². The summed E-state index contributed by atoms with van der Waals surface area (Å²) in [5, 5.41) is 0. The highest BCUT2D eigenvalue weighted by molar-refractivity contribution is 7.15. The lowest BCUT2D eigenvalue weighted by molar-refractivity contribution is 0.297. The van der Waals surface area contributed by atoms with E-state index in [4.69, 9.17) is 0 Å². The predicted molar refractivity (Wildman–Crippen MR) is 122 cm³/mol. The van der Waals surface area contributed by atoms with Crippen LogP contribution in [-0.2, 0) is 6.42 Å². The van der Waals surface area contributed by atoms with Gasteiger partial charge in [0.1, 0.15) is 5.82 Å². The number of benzene rings is 2. The molecule has 5 rings (SSSR count). The summed E-state index contributed by atoms with van der Waals surface area (Å²) in [4.78, 5) is 2.44. The van der Waals surface area contributed by atoms with Crippen molar-refractivity contribution in [1.82, 2.24) is 0 Å². The van der Waals surface area contributed by atoms with E-state index in [1.807, 2.05) is 6.07 Å². The topological polar surface area (TPSA) is 0 Å². The molecule has 0 aliphatic heterocycles. The van der Waals surface area contributed by atoms with Gasteiger partial charge in [0.05, 0.1) is 0 Å². The Bertz CT molecular complexity index is 958. The smallest absolute Gasteiger partial charge is 0.132 e. The van der Waals surface area contributed by atoms with Crippen molar-refractivity contribution in [2.75, 3.05) is 0 Å².